The molecule has 0 unspecified atom stereocenters. The number of hydrogen-bond donors (Lipinski definition) is 1. The second-order valence-corrected chi connectivity index (χ2v) is 10.6. The number of amides is 1. The van der Waals surface area contributed by atoms with Crippen molar-refractivity contribution in [3.8, 4) is 0 Å². The van der Waals surface area contributed by atoms with Crippen molar-refractivity contribution in [3.63, 3.8) is 0 Å². The molecule has 8 aliphatic rings. The lowest BCUT2D eigenvalue weighted by Gasteiger charge is -3.09. The molecule has 146 valence electrons. The van der Waals surface area contributed by atoms with Gasteiger partial charge in [0.1, 0.15) is 5.82 Å². The molecule has 0 radical (unpaired) electrons. The van der Waals surface area contributed by atoms with Crippen molar-refractivity contribution >= 4 is 11.9 Å². The molecule has 0 spiro atoms. The van der Waals surface area contributed by atoms with Crippen LogP contribution < -0.4 is 0 Å². The molecule has 7 fully saturated rings. The number of aliphatic carboxylic acids is 1. The number of carboxylic acid groups (broad SMARTS) is 1. The van der Waals surface area contributed by atoms with Crippen molar-refractivity contribution in [1.29, 1.82) is 0 Å². The van der Waals surface area contributed by atoms with Crippen LogP contribution in [0.15, 0.2) is 6.20 Å². The van der Waals surface area contributed by atoms with E-state index < -0.39 is 5.97 Å². The fourth-order valence-corrected chi connectivity index (χ4v) is 9.82. The summed E-state index contributed by atoms with van der Waals surface area (Å²) in [5.41, 5.74) is 0.683. The van der Waals surface area contributed by atoms with Gasteiger partial charge >= 0.3 is 5.97 Å². The fraction of sp³-hybridized carbons (Fsp3) is 0.773. The van der Waals surface area contributed by atoms with Crippen molar-refractivity contribution < 1.29 is 14.7 Å². The Kier molecular flexibility index (Phi) is 2.25. The zero-order valence-corrected chi connectivity index (χ0v) is 15.9. The van der Waals surface area contributed by atoms with Crippen LogP contribution in [0.3, 0.4) is 0 Å². The van der Waals surface area contributed by atoms with Gasteiger partial charge in [-0.15, -0.1) is 0 Å². The zero-order valence-electron chi connectivity index (χ0n) is 15.9. The maximum atomic E-state index is 13.5. The van der Waals surface area contributed by atoms with E-state index in [2.05, 4.69) is 9.47 Å². The van der Waals surface area contributed by atoms with Crippen LogP contribution in [0.2, 0.25) is 0 Å². The number of fused-ring (bicyclic) bond motifs is 1. The average molecular weight is 379 g/mol. The SMILES string of the molecule is O=C(O)C12C3C4C1C1C2C3C41C(=O)N1CCn2c(cnc2C2CCCCC2)C1. The number of rotatable bonds is 3. The quantitative estimate of drug-likeness (QED) is 0.873. The largest absolute Gasteiger partial charge is 0.481 e. The van der Waals surface area contributed by atoms with E-state index in [0.29, 0.717) is 53.9 Å². The average Bonchev–Trinajstić information content (AvgIpc) is 3.16. The minimum Gasteiger partial charge on any atom is -0.481 e. The summed E-state index contributed by atoms with van der Waals surface area (Å²) >= 11 is 0. The Balaban J connectivity index is 1.04. The van der Waals surface area contributed by atoms with E-state index in [9.17, 15) is 14.7 Å². The van der Waals surface area contributed by atoms with Gasteiger partial charge in [0.05, 0.1) is 29.3 Å². The predicted octanol–water partition coefficient (Wildman–Crippen LogP) is 2.10. The first-order valence-electron chi connectivity index (χ1n) is 11.2. The minimum atomic E-state index is -0.575. The number of imidazole rings is 1. The summed E-state index contributed by atoms with van der Waals surface area (Å²) < 4.78 is 2.39. The summed E-state index contributed by atoms with van der Waals surface area (Å²) in [6.07, 6.45) is 8.48. The molecule has 1 N–H and O–H groups in total. The Morgan fingerprint density at radius 2 is 1.61 bits per heavy atom. The molecule has 0 aromatic carbocycles. The van der Waals surface area contributed by atoms with Crippen LogP contribution >= 0.6 is 0 Å². The highest BCUT2D eigenvalue weighted by atomic mass is 16.4. The van der Waals surface area contributed by atoms with E-state index in [1.165, 1.54) is 43.6 Å². The number of nitrogens with zero attached hydrogens (tertiary/aromatic N) is 3. The Labute approximate surface area is 163 Å². The summed E-state index contributed by atoms with van der Waals surface area (Å²) in [5, 5.41) is 9.65. The third-order valence-corrected chi connectivity index (χ3v) is 10.5. The molecular weight excluding hydrogens is 354 g/mol. The van der Waals surface area contributed by atoms with Crippen molar-refractivity contribution in [2.24, 2.45) is 46.3 Å². The Morgan fingerprint density at radius 3 is 2.25 bits per heavy atom. The van der Waals surface area contributed by atoms with Crippen LogP contribution in [0.4, 0.5) is 0 Å². The van der Waals surface area contributed by atoms with E-state index in [0.717, 1.165) is 13.1 Å². The van der Waals surface area contributed by atoms with Crippen molar-refractivity contribution in [2.75, 3.05) is 6.54 Å². The molecule has 2 heterocycles. The Hall–Kier alpha value is -1.85. The minimum absolute atomic E-state index is 0.133. The smallest absolute Gasteiger partial charge is 0.310 e. The summed E-state index contributed by atoms with van der Waals surface area (Å²) in [7, 11) is 0. The second-order valence-electron chi connectivity index (χ2n) is 10.6. The molecule has 7 aliphatic carbocycles. The van der Waals surface area contributed by atoms with Gasteiger partial charge in [-0.25, -0.2) is 4.98 Å². The first-order valence-corrected chi connectivity index (χ1v) is 11.2. The monoisotopic (exact) mass is 379 g/mol. The number of hydrogen-bond acceptors (Lipinski definition) is 3. The van der Waals surface area contributed by atoms with Gasteiger partial charge in [-0.3, -0.25) is 9.59 Å². The molecule has 28 heavy (non-hydrogen) atoms. The highest BCUT2D eigenvalue weighted by molar-refractivity contribution is 5.98. The van der Waals surface area contributed by atoms with E-state index in [1.807, 2.05) is 6.20 Å². The van der Waals surface area contributed by atoms with Gasteiger partial charge in [0.25, 0.3) is 0 Å². The highest BCUT2D eigenvalue weighted by Crippen LogP contribution is 3.10. The van der Waals surface area contributed by atoms with Gasteiger partial charge in [-0.05, 0) is 48.3 Å². The molecule has 6 nitrogen and oxygen atoms in total. The molecular formula is C22H25N3O3. The molecule has 0 saturated heterocycles. The molecule has 7 saturated carbocycles. The number of carbonyl (C=O) groups excluding carboxylic acids is 1. The van der Waals surface area contributed by atoms with Gasteiger partial charge < -0.3 is 14.6 Å². The third-order valence-electron chi connectivity index (χ3n) is 10.5. The summed E-state index contributed by atoms with van der Waals surface area (Å²) in [6, 6.07) is 0. The normalized spacial score (nSPS) is 50.9. The third kappa shape index (κ3) is 1.11. The van der Waals surface area contributed by atoms with Crippen molar-refractivity contribution in [3.05, 3.63) is 17.7 Å². The molecule has 0 bridgehead atoms. The molecule has 6 heteroatoms. The maximum absolute atomic E-state index is 13.5. The molecule has 0 atom stereocenters. The van der Waals surface area contributed by atoms with Crippen LogP contribution in [0, 0.1) is 46.3 Å². The van der Waals surface area contributed by atoms with Crippen LogP contribution in [-0.2, 0) is 22.7 Å². The number of carbonyl (C=O) groups is 2. The molecule has 1 amide bonds. The predicted molar refractivity (Wildman–Crippen MR) is 96.9 cm³/mol. The van der Waals surface area contributed by atoms with Gasteiger partial charge in [-0.1, -0.05) is 19.3 Å². The lowest BCUT2D eigenvalue weighted by atomic mass is 8.92. The van der Waals surface area contributed by atoms with Crippen LogP contribution in [0.25, 0.3) is 0 Å². The fourth-order valence-electron chi connectivity index (χ4n) is 9.82. The summed E-state index contributed by atoms with van der Waals surface area (Å²) in [6.45, 7) is 2.36. The summed E-state index contributed by atoms with van der Waals surface area (Å²) in [4.78, 5) is 32.1. The highest BCUT2D eigenvalue weighted by Gasteiger charge is 3.13. The molecule has 1 aliphatic heterocycles. The van der Waals surface area contributed by atoms with Crippen molar-refractivity contribution in [2.45, 2.75) is 51.1 Å². The van der Waals surface area contributed by atoms with Crippen molar-refractivity contribution in [1.82, 2.24) is 14.5 Å². The van der Waals surface area contributed by atoms with E-state index >= 15 is 0 Å². The second kappa shape index (κ2) is 4.19. The van der Waals surface area contributed by atoms with Gasteiger partial charge in [-0.2, -0.15) is 0 Å². The summed E-state index contributed by atoms with van der Waals surface area (Å²) in [5.74, 6) is 3.84. The van der Waals surface area contributed by atoms with Gasteiger partial charge in [0.15, 0.2) is 0 Å². The topological polar surface area (TPSA) is 75.4 Å². The lowest BCUT2D eigenvalue weighted by molar-refractivity contribution is -0.627. The lowest BCUT2D eigenvalue weighted by Crippen LogP contribution is -3.12. The first kappa shape index (κ1) is 15.1. The van der Waals surface area contributed by atoms with Crippen LogP contribution in [0.1, 0.15) is 49.5 Å². The Bertz CT molecular complexity index is 920. The van der Waals surface area contributed by atoms with E-state index in [1.54, 1.807) is 0 Å². The van der Waals surface area contributed by atoms with Gasteiger partial charge in [0, 0.05) is 19.0 Å². The van der Waals surface area contributed by atoms with Gasteiger partial charge in [0.2, 0.25) is 5.91 Å². The Morgan fingerprint density at radius 1 is 0.964 bits per heavy atom. The maximum Gasteiger partial charge on any atom is 0.310 e. The first-order chi connectivity index (χ1) is 13.6. The van der Waals surface area contributed by atoms with E-state index in [-0.39, 0.29) is 10.8 Å². The molecule has 1 aromatic heterocycles. The molecule has 1 aromatic rings. The molecule has 9 rings (SSSR count). The zero-order chi connectivity index (χ0) is 18.6. The van der Waals surface area contributed by atoms with Crippen LogP contribution in [0.5, 0.6) is 0 Å². The standard InChI is InChI=1S/C22H25N3O3/c26-19(21-12-15-13(21)17-14(21)16(12)22(15,17)20(27)28)24-6-7-25-11(9-24)8-23-18(25)10-4-2-1-3-5-10/h8,10,12-17H,1-7,9H2,(H,27,28). The number of aromatic nitrogens is 2. The van der Waals surface area contributed by atoms with Crippen LogP contribution in [-0.4, -0.2) is 38.0 Å². The van der Waals surface area contributed by atoms with E-state index in [4.69, 9.17) is 4.98 Å². The number of carboxylic acids is 1.